The van der Waals surface area contributed by atoms with E-state index < -0.39 is 53.8 Å². The summed E-state index contributed by atoms with van der Waals surface area (Å²) in [6, 6.07) is 7.06. The van der Waals surface area contributed by atoms with Gasteiger partial charge in [0.25, 0.3) is 5.91 Å². The fourth-order valence-electron chi connectivity index (χ4n) is 4.76. The van der Waals surface area contributed by atoms with Gasteiger partial charge in [-0.05, 0) is 65.4 Å². The molecule has 1 aromatic rings. The maximum absolute atomic E-state index is 13.6. The van der Waals surface area contributed by atoms with Crippen LogP contribution in [0.25, 0.3) is 0 Å². The van der Waals surface area contributed by atoms with E-state index in [0.29, 0.717) is 13.0 Å². The highest BCUT2D eigenvalue weighted by molar-refractivity contribution is 5.88. The van der Waals surface area contributed by atoms with E-state index in [1.54, 1.807) is 26.0 Å². The summed E-state index contributed by atoms with van der Waals surface area (Å²) in [5.41, 5.74) is 0.105. The highest BCUT2D eigenvalue weighted by atomic mass is 16.6. The van der Waals surface area contributed by atoms with Gasteiger partial charge in [-0.3, -0.25) is 9.59 Å². The van der Waals surface area contributed by atoms with Gasteiger partial charge in [0.2, 0.25) is 5.91 Å². The molecule has 0 spiro atoms. The third kappa shape index (κ3) is 14.1. The Morgan fingerprint density at radius 1 is 1.04 bits per heavy atom. The monoisotopic (exact) mass is 631 g/mol. The van der Waals surface area contributed by atoms with Crippen LogP contribution in [0.5, 0.6) is 0 Å². The second kappa shape index (κ2) is 18.1. The SMILES string of the molecule is CCOC(=O)C=C[C@H](C[C@@H]1CCNC1=O)NC(=O)[C@H](CC(C)C)OC(=O)[C@@H](NC(=O)OCc1ccccc1)C(C)OC(C)(C)C. The van der Waals surface area contributed by atoms with Crippen LogP contribution >= 0.6 is 0 Å². The average molecular weight is 632 g/mol. The molecule has 1 aliphatic heterocycles. The van der Waals surface area contributed by atoms with E-state index in [0.717, 1.165) is 5.56 Å². The van der Waals surface area contributed by atoms with E-state index in [-0.39, 0.29) is 43.8 Å². The molecule has 0 aromatic heterocycles. The molecule has 3 amide bonds. The summed E-state index contributed by atoms with van der Waals surface area (Å²) < 4.78 is 22.0. The molecule has 0 aliphatic carbocycles. The van der Waals surface area contributed by atoms with Gasteiger partial charge >= 0.3 is 18.0 Å². The molecular weight excluding hydrogens is 582 g/mol. The van der Waals surface area contributed by atoms with Crippen LogP contribution in [0, 0.1) is 11.8 Å². The number of carbonyl (C=O) groups excluding carboxylic acids is 5. The van der Waals surface area contributed by atoms with E-state index in [2.05, 4.69) is 16.0 Å². The molecule has 3 N–H and O–H groups in total. The maximum Gasteiger partial charge on any atom is 0.408 e. The molecule has 2 rings (SSSR count). The van der Waals surface area contributed by atoms with Crippen molar-refractivity contribution in [3.05, 3.63) is 48.0 Å². The van der Waals surface area contributed by atoms with Crippen LogP contribution in [0.1, 0.15) is 73.3 Å². The first-order chi connectivity index (χ1) is 21.2. The lowest BCUT2D eigenvalue weighted by Gasteiger charge is -2.31. The van der Waals surface area contributed by atoms with Gasteiger partial charge < -0.3 is 34.9 Å². The molecule has 0 bridgehead atoms. The quantitative estimate of drug-likeness (QED) is 0.141. The number of rotatable bonds is 16. The smallest absolute Gasteiger partial charge is 0.408 e. The van der Waals surface area contributed by atoms with Gasteiger partial charge in [-0.2, -0.15) is 0 Å². The van der Waals surface area contributed by atoms with Gasteiger partial charge in [0, 0.05) is 24.6 Å². The summed E-state index contributed by atoms with van der Waals surface area (Å²) in [4.78, 5) is 64.2. The van der Waals surface area contributed by atoms with Crippen molar-refractivity contribution in [2.45, 2.75) is 104 Å². The predicted octanol–water partition coefficient (Wildman–Crippen LogP) is 3.57. The lowest BCUT2D eigenvalue weighted by atomic mass is 9.97. The van der Waals surface area contributed by atoms with Gasteiger partial charge in [-0.25, -0.2) is 14.4 Å². The Labute approximate surface area is 266 Å². The third-order valence-corrected chi connectivity index (χ3v) is 6.77. The van der Waals surface area contributed by atoms with Crippen molar-refractivity contribution in [2.75, 3.05) is 13.2 Å². The van der Waals surface area contributed by atoms with E-state index >= 15 is 0 Å². The van der Waals surface area contributed by atoms with E-state index in [4.69, 9.17) is 18.9 Å². The second-order valence-corrected chi connectivity index (χ2v) is 12.4. The van der Waals surface area contributed by atoms with Crippen molar-refractivity contribution in [1.82, 2.24) is 16.0 Å². The first kappa shape index (κ1) is 37.3. The van der Waals surface area contributed by atoms with Gasteiger partial charge in [-0.1, -0.05) is 50.3 Å². The van der Waals surface area contributed by atoms with Crippen LogP contribution in [0.15, 0.2) is 42.5 Å². The topological polar surface area (TPSA) is 158 Å². The lowest BCUT2D eigenvalue weighted by molar-refractivity contribution is -0.164. The number of hydrogen-bond donors (Lipinski definition) is 3. The molecule has 250 valence electrons. The molecule has 1 unspecified atom stereocenters. The van der Waals surface area contributed by atoms with Gasteiger partial charge in [-0.15, -0.1) is 0 Å². The first-order valence-electron chi connectivity index (χ1n) is 15.5. The van der Waals surface area contributed by atoms with Gasteiger partial charge in [0.15, 0.2) is 12.1 Å². The van der Waals surface area contributed by atoms with Crippen LogP contribution in [0.2, 0.25) is 0 Å². The summed E-state index contributed by atoms with van der Waals surface area (Å²) in [5.74, 6) is -2.61. The Morgan fingerprint density at radius 2 is 1.73 bits per heavy atom. The van der Waals surface area contributed by atoms with Crippen molar-refractivity contribution < 1.29 is 42.9 Å². The minimum absolute atomic E-state index is 0.0128. The maximum atomic E-state index is 13.6. The Morgan fingerprint density at radius 3 is 2.31 bits per heavy atom. The van der Waals surface area contributed by atoms with E-state index in [9.17, 15) is 24.0 Å². The molecule has 12 nitrogen and oxygen atoms in total. The first-order valence-corrected chi connectivity index (χ1v) is 15.5. The van der Waals surface area contributed by atoms with Gasteiger partial charge in [0.05, 0.1) is 18.3 Å². The van der Waals surface area contributed by atoms with Crippen molar-refractivity contribution >= 4 is 29.8 Å². The zero-order chi connectivity index (χ0) is 33.6. The summed E-state index contributed by atoms with van der Waals surface area (Å²) in [6.07, 6.45) is 0.750. The largest absolute Gasteiger partial charge is 0.463 e. The Bertz CT molecular complexity index is 1160. The molecule has 1 heterocycles. The number of ether oxygens (including phenoxy) is 4. The lowest BCUT2D eigenvalue weighted by Crippen LogP contribution is -2.53. The standard InChI is InChI=1S/C33H49N3O9/c1-8-42-27(37)15-14-25(19-24-16-17-34-29(24)38)35-30(39)26(18-21(2)3)44-31(40)28(22(4)45-33(5,6)7)36-32(41)43-20-23-12-10-9-11-13-23/h9-15,21-22,24-26,28H,8,16-20H2,1-7H3,(H,34,38)(H,35,39)(H,36,41)/t22?,24-,25+,26-,28-/m0/s1. The minimum Gasteiger partial charge on any atom is -0.463 e. The number of nitrogens with one attached hydrogen (secondary N) is 3. The fourth-order valence-corrected chi connectivity index (χ4v) is 4.76. The molecular formula is C33H49N3O9. The Balaban J connectivity index is 2.22. The molecule has 5 atom stereocenters. The van der Waals surface area contributed by atoms with Crippen LogP contribution < -0.4 is 16.0 Å². The van der Waals surface area contributed by atoms with Crippen LogP contribution in [-0.4, -0.2) is 72.9 Å². The van der Waals surface area contributed by atoms with Crippen molar-refractivity contribution in [1.29, 1.82) is 0 Å². The van der Waals surface area contributed by atoms with E-state index in [1.165, 1.54) is 12.2 Å². The van der Waals surface area contributed by atoms with Crippen molar-refractivity contribution in [2.24, 2.45) is 11.8 Å². The number of hydrogen-bond acceptors (Lipinski definition) is 9. The van der Waals surface area contributed by atoms with E-state index in [1.807, 2.05) is 52.8 Å². The zero-order valence-corrected chi connectivity index (χ0v) is 27.4. The summed E-state index contributed by atoms with van der Waals surface area (Å²) >= 11 is 0. The number of alkyl carbamates (subject to hydrolysis) is 1. The number of carbonyl (C=O) groups is 5. The van der Waals surface area contributed by atoms with Crippen LogP contribution in [-0.2, 0) is 44.7 Å². The Hall–Kier alpha value is -3.93. The molecule has 1 fully saturated rings. The van der Waals surface area contributed by atoms with Crippen LogP contribution in [0.3, 0.4) is 0 Å². The molecule has 0 saturated carbocycles. The molecule has 45 heavy (non-hydrogen) atoms. The van der Waals surface area contributed by atoms with Crippen molar-refractivity contribution in [3.8, 4) is 0 Å². The summed E-state index contributed by atoms with van der Waals surface area (Å²) in [5, 5.41) is 8.14. The highest BCUT2D eigenvalue weighted by Gasteiger charge is 2.36. The molecule has 1 saturated heterocycles. The third-order valence-electron chi connectivity index (χ3n) is 6.77. The number of benzene rings is 1. The molecule has 0 radical (unpaired) electrons. The Kier molecular flexibility index (Phi) is 15.0. The average Bonchev–Trinajstić information content (AvgIpc) is 3.36. The second-order valence-electron chi connectivity index (χ2n) is 12.4. The van der Waals surface area contributed by atoms with Crippen molar-refractivity contribution in [3.63, 3.8) is 0 Å². The zero-order valence-electron chi connectivity index (χ0n) is 27.4. The number of esters is 2. The molecule has 12 heteroatoms. The number of amides is 3. The molecule has 1 aliphatic rings. The normalized spacial score (nSPS) is 17.6. The van der Waals surface area contributed by atoms with Gasteiger partial charge in [0.1, 0.15) is 6.61 Å². The summed E-state index contributed by atoms with van der Waals surface area (Å²) in [6.45, 7) is 13.2. The predicted molar refractivity (Wildman–Crippen MR) is 167 cm³/mol. The van der Waals surface area contributed by atoms with Crippen LogP contribution in [0.4, 0.5) is 4.79 Å². The molecule has 1 aromatic carbocycles. The fraction of sp³-hybridized carbons (Fsp3) is 0.606. The minimum atomic E-state index is -1.29. The highest BCUT2D eigenvalue weighted by Crippen LogP contribution is 2.19. The summed E-state index contributed by atoms with van der Waals surface area (Å²) in [7, 11) is 0.